The number of aromatic nitrogens is 2. The van der Waals surface area contributed by atoms with Crippen molar-refractivity contribution < 1.29 is 18.6 Å². The molecule has 1 aromatic heterocycles. The van der Waals surface area contributed by atoms with Crippen LogP contribution in [0.4, 0.5) is 20.5 Å². The Balaban J connectivity index is 1.64. The number of hydrogen-bond donors (Lipinski definition) is 3. The predicted molar refractivity (Wildman–Crippen MR) is 81.5 cm³/mol. The minimum atomic E-state index is -2.67. The molecule has 3 rings (SSSR count). The number of nitrogens with zero attached hydrogens (tertiary/aromatic N) is 2. The maximum atomic E-state index is 13.2. The Bertz CT molecular complexity index is 554. The van der Waals surface area contributed by atoms with Gasteiger partial charge in [0, 0.05) is 38.0 Å². The van der Waals surface area contributed by atoms with E-state index in [9.17, 15) is 13.9 Å². The van der Waals surface area contributed by atoms with E-state index in [1.165, 1.54) is 0 Å². The number of ether oxygens (including phenoxy) is 1. The van der Waals surface area contributed by atoms with Crippen molar-refractivity contribution in [3.8, 4) is 0 Å². The van der Waals surface area contributed by atoms with Gasteiger partial charge >= 0.3 is 0 Å². The third-order valence-corrected chi connectivity index (χ3v) is 4.62. The molecular formula is C15H22F2N4O2. The Morgan fingerprint density at radius 2 is 2.04 bits per heavy atom. The molecule has 0 unspecified atom stereocenters. The zero-order valence-corrected chi connectivity index (χ0v) is 12.9. The van der Waals surface area contributed by atoms with E-state index in [1.807, 2.05) is 0 Å². The molecule has 1 aliphatic heterocycles. The quantitative estimate of drug-likeness (QED) is 0.782. The van der Waals surface area contributed by atoms with E-state index in [2.05, 4.69) is 15.3 Å². The van der Waals surface area contributed by atoms with Gasteiger partial charge in [-0.2, -0.15) is 4.98 Å². The highest BCUT2D eigenvalue weighted by atomic mass is 19.3. The van der Waals surface area contributed by atoms with Crippen LogP contribution in [0.2, 0.25) is 0 Å². The number of aliphatic hydroxyl groups is 1. The molecular weight excluding hydrogens is 306 g/mol. The van der Waals surface area contributed by atoms with E-state index < -0.39 is 11.5 Å². The van der Waals surface area contributed by atoms with Gasteiger partial charge in [-0.25, -0.2) is 13.8 Å². The van der Waals surface area contributed by atoms with Crippen LogP contribution in [0, 0.1) is 0 Å². The summed E-state index contributed by atoms with van der Waals surface area (Å²) in [5.41, 5.74) is 5.40. The fourth-order valence-electron chi connectivity index (χ4n) is 3.07. The van der Waals surface area contributed by atoms with Gasteiger partial charge in [-0.1, -0.05) is 0 Å². The normalized spacial score (nSPS) is 26.1. The van der Waals surface area contributed by atoms with Crippen molar-refractivity contribution in [2.45, 2.75) is 49.5 Å². The van der Waals surface area contributed by atoms with Crippen molar-refractivity contribution in [3.05, 3.63) is 11.8 Å². The van der Waals surface area contributed by atoms with Crippen LogP contribution in [0.25, 0.3) is 0 Å². The summed E-state index contributed by atoms with van der Waals surface area (Å²) in [7, 11) is 0. The fraction of sp³-hybridized carbons (Fsp3) is 0.733. The summed E-state index contributed by atoms with van der Waals surface area (Å²) in [6.07, 6.45) is 0.437. The summed E-state index contributed by atoms with van der Waals surface area (Å²) in [4.78, 5) is 8.34. The molecule has 2 heterocycles. The zero-order valence-electron chi connectivity index (χ0n) is 12.9. The second-order valence-electron chi connectivity index (χ2n) is 6.53. The van der Waals surface area contributed by atoms with Gasteiger partial charge in [0.05, 0.1) is 17.9 Å². The molecule has 0 bridgehead atoms. The second-order valence-corrected chi connectivity index (χ2v) is 6.53. The van der Waals surface area contributed by atoms with E-state index >= 15 is 0 Å². The third-order valence-electron chi connectivity index (χ3n) is 4.62. The van der Waals surface area contributed by atoms with Gasteiger partial charge < -0.3 is 20.9 Å². The molecule has 4 N–H and O–H groups in total. The van der Waals surface area contributed by atoms with Gasteiger partial charge in [-0.15, -0.1) is 0 Å². The predicted octanol–water partition coefficient (Wildman–Crippen LogP) is 1.91. The maximum absolute atomic E-state index is 13.2. The molecule has 0 aromatic carbocycles. The molecule has 1 atom stereocenters. The number of nitrogens with two attached hydrogens (primary N) is 1. The number of nitrogen functional groups attached to an aromatic ring is 1. The molecule has 0 amide bonds. The third kappa shape index (κ3) is 4.06. The average molecular weight is 328 g/mol. The molecule has 1 saturated carbocycles. The summed E-state index contributed by atoms with van der Waals surface area (Å²) in [6, 6.07) is 1.79. The number of anilines is 2. The Morgan fingerprint density at radius 3 is 2.70 bits per heavy atom. The van der Waals surface area contributed by atoms with Gasteiger partial charge in [0.15, 0.2) is 0 Å². The van der Waals surface area contributed by atoms with Crippen molar-refractivity contribution in [3.63, 3.8) is 0 Å². The summed E-state index contributed by atoms with van der Waals surface area (Å²) in [5, 5.41) is 13.4. The molecule has 8 heteroatoms. The van der Waals surface area contributed by atoms with Crippen molar-refractivity contribution in [2.75, 3.05) is 30.8 Å². The maximum Gasteiger partial charge on any atom is 0.248 e. The summed E-state index contributed by atoms with van der Waals surface area (Å²) in [5.74, 6) is -1.82. The first-order chi connectivity index (χ1) is 10.9. The van der Waals surface area contributed by atoms with Crippen molar-refractivity contribution in [2.24, 2.45) is 0 Å². The van der Waals surface area contributed by atoms with E-state index in [-0.39, 0.29) is 44.1 Å². The van der Waals surface area contributed by atoms with Crippen LogP contribution in [0.3, 0.4) is 0 Å². The van der Waals surface area contributed by atoms with E-state index in [4.69, 9.17) is 10.5 Å². The Hall–Kier alpha value is -1.54. The first kappa shape index (κ1) is 16.3. The first-order valence-electron chi connectivity index (χ1n) is 7.92. The van der Waals surface area contributed by atoms with Gasteiger partial charge in [-0.05, 0) is 19.3 Å². The molecule has 2 aliphatic rings. The van der Waals surface area contributed by atoms with Crippen LogP contribution in [0.5, 0.6) is 0 Å². The highest BCUT2D eigenvalue weighted by Crippen LogP contribution is 2.38. The van der Waals surface area contributed by atoms with Crippen LogP contribution in [0.15, 0.2) is 6.07 Å². The van der Waals surface area contributed by atoms with Crippen LogP contribution in [0.1, 0.15) is 43.7 Å². The Labute approximate surface area is 133 Å². The minimum Gasteiger partial charge on any atom is -0.388 e. The Morgan fingerprint density at radius 1 is 1.30 bits per heavy atom. The molecule has 0 spiro atoms. The highest BCUT2D eigenvalue weighted by Gasteiger charge is 2.42. The molecule has 6 nitrogen and oxygen atoms in total. The smallest absolute Gasteiger partial charge is 0.248 e. The molecule has 128 valence electrons. The lowest BCUT2D eigenvalue weighted by Gasteiger charge is -2.36. The largest absolute Gasteiger partial charge is 0.388 e. The number of hydrogen-bond acceptors (Lipinski definition) is 6. The van der Waals surface area contributed by atoms with Crippen LogP contribution >= 0.6 is 0 Å². The topological polar surface area (TPSA) is 93.3 Å². The van der Waals surface area contributed by atoms with E-state index in [0.29, 0.717) is 19.0 Å². The molecule has 0 radical (unpaired) electrons. The lowest BCUT2D eigenvalue weighted by Crippen LogP contribution is -2.43. The Kier molecular flexibility index (Phi) is 4.37. The van der Waals surface area contributed by atoms with E-state index in [0.717, 1.165) is 12.1 Å². The van der Waals surface area contributed by atoms with Crippen molar-refractivity contribution in [1.29, 1.82) is 0 Å². The molecule has 1 saturated heterocycles. The van der Waals surface area contributed by atoms with Crippen molar-refractivity contribution >= 4 is 11.8 Å². The second kappa shape index (κ2) is 6.16. The van der Waals surface area contributed by atoms with Crippen LogP contribution in [-0.2, 0) is 4.74 Å². The lowest BCUT2D eigenvalue weighted by atomic mass is 9.83. The van der Waals surface area contributed by atoms with Crippen LogP contribution in [-0.4, -0.2) is 46.4 Å². The van der Waals surface area contributed by atoms with Gasteiger partial charge in [-0.3, -0.25) is 0 Å². The number of rotatable bonds is 4. The van der Waals surface area contributed by atoms with E-state index in [1.54, 1.807) is 6.07 Å². The fourth-order valence-corrected chi connectivity index (χ4v) is 3.07. The lowest BCUT2D eigenvalue weighted by molar-refractivity contribution is -0.0978. The molecule has 2 fully saturated rings. The average Bonchev–Trinajstić information content (AvgIpc) is 3.03. The summed E-state index contributed by atoms with van der Waals surface area (Å²) >= 11 is 0. The summed E-state index contributed by atoms with van der Waals surface area (Å²) < 4.78 is 31.8. The number of alkyl halides is 2. The van der Waals surface area contributed by atoms with Crippen LogP contribution < -0.4 is 11.1 Å². The zero-order chi connectivity index (χ0) is 16.5. The van der Waals surface area contributed by atoms with Gasteiger partial charge in [0.1, 0.15) is 5.82 Å². The summed E-state index contributed by atoms with van der Waals surface area (Å²) in [6.45, 7) is 1.47. The molecule has 1 aromatic rings. The number of halogens is 2. The van der Waals surface area contributed by atoms with Crippen molar-refractivity contribution in [1.82, 2.24) is 9.97 Å². The highest BCUT2D eigenvalue weighted by molar-refractivity contribution is 5.42. The molecule has 23 heavy (non-hydrogen) atoms. The minimum absolute atomic E-state index is 0.0664. The molecule has 1 aliphatic carbocycles. The van der Waals surface area contributed by atoms with Gasteiger partial charge in [0.25, 0.3) is 0 Å². The SMILES string of the molecule is Nc1nc(NCC2(O)CCC(F)(F)CC2)cc([C@H]2CCOC2)n1. The first-order valence-corrected chi connectivity index (χ1v) is 7.92. The monoisotopic (exact) mass is 328 g/mol. The van der Waals surface area contributed by atoms with Gasteiger partial charge in [0.2, 0.25) is 11.9 Å². The standard InChI is InChI=1S/C15H22F2N4O2/c16-15(17)4-2-14(22,3-5-15)9-19-12-7-11(20-13(18)21-12)10-1-6-23-8-10/h7,10,22H,1-6,8-9H2,(H3,18,19,20,21)/t10-/m0/s1. The number of nitrogens with one attached hydrogen (secondary N) is 1.